The molecular weight excluding hydrogens is 340 g/mol. The van der Waals surface area contributed by atoms with Crippen LogP contribution in [-0.4, -0.2) is 33.7 Å². The lowest BCUT2D eigenvalue weighted by Crippen LogP contribution is -2.34. The molecule has 0 spiro atoms. The SMILES string of the molecule is CC(=O)N(CCc1ccc(C)c2c1cc1n2C(=O)c2ccccc2-1)C(C)=O. The highest BCUT2D eigenvalue weighted by molar-refractivity contribution is 6.15. The molecule has 0 aliphatic carbocycles. The van der Waals surface area contributed by atoms with Gasteiger partial charge in [-0.25, -0.2) is 0 Å². The van der Waals surface area contributed by atoms with Gasteiger partial charge in [0.15, 0.2) is 0 Å². The fourth-order valence-electron chi connectivity index (χ4n) is 3.95. The van der Waals surface area contributed by atoms with Crippen LogP contribution in [0.15, 0.2) is 42.5 Å². The molecule has 1 aliphatic heterocycles. The molecule has 0 radical (unpaired) electrons. The smallest absolute Gasteiger partial charge is 0.263 e. The molecule has 0 fully saturated rings. The van der Waals surface area contributed by atoms with Gasteiger partial charge < -0.3 is 0 Å². The number of aryl methyl sites for hydroxylation is 1. The molecule has 5 heteroatoms. The molecule has 0 bridgehead atoms. The van der Waals surface area contributed by atoms with E-state index in [2.05, 4.69) is 0 Å². The lowest BCUT2D eigenvalue weighted by molar-refractivity contribution is -0.142. The molecular formula is C22H20N2O3. The summed E-state index contributed by atoms with van der Waals surface area (Å²) in [6.07, 6.45) is 0.551. The summed E-state index contributed by atoms with van der Waals surface area (Å²) >= 11 is 0. The van der Waals surface area contributed by atoms with Crippen molar-refractivity contribution in [3.8, 4) is 11.3 Å². The average Bonchev–Trinajstić information content (AvgIpc) is 3.14. The highest BCUT2D eigenvalue weighted by Crippen LogP contribution is 2.39. The van der Waals surface area contributed by atoms with E-state index in [1.807, 2.05) is 49.4 Å². The molecule has 27 heavy (non-hydrogen) atoms. The van der Waals surface area contributed by atoms with Gasteiger partial charge in [0.2, 0.25) is 11.8 Å². The quantitative estimate of drug-likeness (QED) is 0.561. The Morgan fingerprint density at radius 2 is 1.67 bits per heavy atom. The Labute approximate surface area is 157 Å². The number of hydrogen-bond donors (Lipinski definition) is 0. The highest BCUT2D eigenvalue weighted by atomic mass is 16.2. The fourth-order valence-corrected chi connectivity index (χ4v) is 3.95. The molecule has 2 aromatic carbocycles. The van der Waals surface area contributed by atoms with Crippen molar-refractivity contribution >= 4 is 28.6 Å². The number of aromatic nitrogens is 1. The van der Waals surface area contributed by atoms with Gasteiger partial charge in [-0.15, -0.1) is 0 Å². The third-order valence-corrected chi connectivity index (χ3v) is 5.26. The number of nitrogens with zero attached hydrogens (tertiary/aromatic N) is 2. The van der Waals surface area contributed by atoms with Gasteiger partial charge in [0, 0.05) is 36.9 Å². The predicted molar refractivity (Wildman–Crippen MR) is 104 cm³/mol. The summed E-state index contributed by atoms with van der Waals surface area (Å²) < 4.78 is 1.78. The van der Waals surface area contributed by atoms with Crippen molar-refractivity contribution in [1.29, 1.82) is 0 Å². The normalized spacial score (nSPS) is 12.2. The van der Waals surface area contributed by atoms with Gasteiger partial charge >= 0.3 is 0 Å². The second-order valence-corrected chi connectivity index (χ2v) is 6.96. The van der Waals surface area contributed by atoms with Crippen molar-refractivity contribution in [2.45, 2.75) is 27.2 Å². The largest absolute Gasteiger partial charge is 0.283 e. The Bertz CT molecular complexity index is 1110. The van der Waals surface area contributed by atoms with Crippen LogP contribution in [0, 0.1) is 6.92 Å². The molecule has 3 aromatic rings. The van der Waals surface area contributed by atoms with Crippen molar-refractivity contribution in [1.82, 2.24) is 9.47 Å². The van der Waals surface area contributed by atoms with Gasteiger partial charge in [0.1, 0.15) is 0 Å². The number of carbonyl (C=O) groups excluding carboxylic acids is 3. The summed E-state index contributed by atoms with van der Waals surface area (Å²) in [6.45, 7) is 5.12. The minimum Gasteiger partial charge on any atom is -0.283 e. The van der Waals surface area contributed by atoms with Crippen molar-refractivity contribution in [2.75, 3.05) is 6.54 Å². The maximum atomic E-state index is 12.9. The predicted octanol–water partition coefficient (Wildman–Crippen LogP) is 3.56. The van der Waals surface area contributed by atoms with Crippen LogP contribution in [0.2, 0.25) is 0 Å². The first-order chi connectivity index (χ1) is 12.9. The minimum absolute atomic E-state index is 0.00931. The molecule has 1 aliphatic rings. The number of amides is 2. The second-order valence-electron chi connectivity index (χ2n) is 6.96. The zero-order valence-corrected chi connectivity index (χ0v) is 15.6. The van der Waals surface area contributed by atoms with Gasteiger partial charge in [0.05, 0.1) is 11.2 Å². The van der Waals surface area contributed by atoms with Gasteiger partial charge in [-0.3, -0.25) is 23.9 Å². The molecule has 0 unspecified atom stereocenters. The molecule has 2 amide bonds. The van der Waals surface area contributed by atoms with E-state index < -0.39 is 0 Å². The Morgan fingerprint density at radius 3 is 2.33 bits per heavy atom. The van der Waals surface area contributed by atoms with Crippen LogP contribution < -0.4 is 0 Å². The van der Waals surface area contributed by atoms with Crippen molar-refractivity contribution in [3.05, 3.63) is 59.2 Å². The minimum atomic E-state index is -0.255. The summed E-state index contributed by atoms with van der Waals surface area (Å²) in [5.74, 6) is -0.520. The first-order valence-corrected chi connectivity index (χ1v) is 8.97. The standard InChI is InChI=1S/C22H20N2O3/c1-13-8-9-16(10-11-23(14(2)25)15(3)26)19-12-20-17-6-4-5-7-18(17)22(27)24(20)21(13)19/h4-9,12H,10-11H2,1-3H3. The van der Waals surface area contributed by atoms with E-state index in [1.165, 1.54) is 18.7 Å². The summed E-state index contributed by atoms with van der Waals surface area (Å²) in [6, 6.07) is 13.7. The molecule has 0 N–H and O–H groups in total. The summed E-state index contributed by atoms with van der Waals surface area (Å²) in [5.41, 5.74) is 5.51. The van der Waals surface area contributed by atoms with Crippen molar-refractivity contribution < 1.29 is 14.4 Å². The van der Waals surface area contributed by atoms with Crippen LogP contribution in [0.3, 0.4) is 0 Å². The molecule has 5 nitrogen and oxygen atoms in total. The van der Waals surface area contributed by atoms with Crippen molar-refractivity contribution in [3.63, 3.8) is 0 Å². The van der Waals surface area contributed by atoms with E-state index in [4.69, 9.17) is 0 Å². The monoisotopic (exact) mass is 360 g/mol. The van der Waals surface area contributed by atoms with Crippen LogP contribution in [0.5, 0.6) is 0 Å². The lowest BCUT2D eigenvalue weighted by Gasteiger charge is -2.17. The Balaban J connectivity index is 1.82. The lowest BCUT2D eigenvalue weighted by atomic mass is 10.0. The number of rotatable bonds is 3. The van der Waals surface area contributed by atoms with Crippen LogP contribution in [0.4, 0.5) is 0 Å². The van der Waals surface area contributed by atoms with E-state index in [1.54, 1.807) is 4.57 Å². The average molecular weight is 360 g/mol. The van der Waals surface area contributed by atoms with Gasteiger partial charge in [-0.2, -0.15) is 0 Å². The Hall–Kier alpha value is -3.21. The van der Waals surface area contributed by atoms with Crippen molar-refractivity contribution in [2.24, 2.45) is 0 Å². The van der Waals surface area contributed by atoms with Crippen LogP contribution in [0.25, 0.3) is 22.2 Å². The second kappa shape index (κ2) is 6.20. The first kappa shape index (κ1) is 17.2. The van der Waals surface area contributed by atoms with E-state index in [0.717, 1.165) is 38.9 Å². The molecule has 136 valence electrons. The summed E-state index contributed by atoms with van der Waals surface area (Å²) in [5, 5.41) is 1.000. The molecule has 4 rings (SSSR count). The van der Waals surface area contributed by atoms with E-state index in [0.29, 0.717) is 13.0 Å². The Kier molecular flexibility index (Phi) is 3.95. The highest BCUT2D eigenvalue weighted by Gasteiger charge is 2.29. The third kappa shape index (κ3) is 2.58. The number of benzene rings is 2. The molecule has 0 saturated heterocycles. The van der Waals surface area contributed by atoms with Crippen LogP contribution >= 0.6 is 0 Å². The molecule has 0 atom stereocenters. The number of hydrogen-bond acceptors (Lipinski definition) is 3. The third-order valence-electron chi connectivity index (χ3n) is 5.26. The Morgan fingerprint density at radius 1 is 1.00 bits per heavy atom. The fraction of sp³-hybridized carbons (Fsp3) is 0.227. The van der Waals surface area contributed by atoms with Crippen LogP contribution in [0.1, 0.15) is 35.3 Å². The van der Waals surface area contributed by atoms with Gasteiger partial charge in [-0.1, -0.05) is 30.3 Å². The van der Waals surface area contributed by atoms with Gasteiger partial charge in [-0.05, 0) is 36.6 Å². The maximum Gasteiger partial charge on any atom is 0.263 e. The molecule has 2 heterocycles. The molecule has 0 saturated carbocycles. The van der Waals surface area contributed by atoms with Crippen LogP contribution in [-0.2, 0) is 16.0 Å². The zero-order valence-electron chi connectivity index (χ0n) is 15.6. The number of fused-ring (bicyclic) bond motifs is 5. The number of carbonyl (C=O) groups is 3. The topological polar surface area (TPSA) is 59.4 Å². The van der Waals surface area contributed by atoms with Gasteiger partial charge in [0.25, 0.3) is 5.91 Å². The summed E-state index contributed by atoms with van der Waals surface area (Å²) in [4.78, 5) is 37.5. The maximum absolute atomic E-state index is 12.9. The zero-order chi connectivity index (χ0) is 19.3. The number of imide groups is 1. The van der Waals surface area contributed by atoms with E-state index in [9.17, 15) is 14.4 Å². The molecule has 1 aromatic heterocycles. The van der Waals surface area contributed by atoms with E-state index in [-0.39, 0.29) is 17.7 Å². The van der Waals surface area contributed by atoms with E-state index >= 15 is 0 Å². The first-order valence-electron chi connectivity index (χ1n) is 8.97. The summed E-state index contributed by atoms with van der Waals surface area (Å²) in [7, 11) is 0.